The largest absolute Gasteiger partial charge is 0.370 e. The summed E-state index contributed by atoms with van der Waals surface area (Å²) in [7, 11) is -2.13. The summed E-state index contributed by atoms with van der Waals surface area (Å²) in [6.07, 6.45) is 0. The van der Waals surface area contributed by atoms with Crippen LogP contribution in [0, 0.1) is 0 Å². The molecule has 10 heteroatoms. The van der Waals surface area contributed by atoms with Crippen LogP contribution in [0.3, 0.4) is 0 Å². The summed E-state index contributed by atoms with van der Waals surface area (Å²) in [4.78, 5) is 4.44. The molecule has 2 aromatic rings. The highest BCUT2D eigenvalue weighted by Crippen LogP contribution is 2.25. The summed E-state index contributed by atoms with van der Waals surface area (Å²) >= 11 is 12.1. The summed E-state index contributed by atoms with van der Waals surface area (Å²) < 4.78 is 26.0. The maximum Gasteiger partial charge on any atom is 0.240 e. The maximum atomic E-state index is 11.8. The van der Waals surface area contributed by atoms with Gasteiger partial charge in [0.15, 0.2) is 5.96 Å². The van der Waals surface area contributed by atoms with E-state index in [0.29, 0.717) is 10.0 Å². The molecule has 0 heterocycles. The third-order valence-corrected chi connectivity index (χ3v) is 5.68. The van der Waals surface area contributed by atoms with Crippen molar-refractivity contribution in [3.05, 3.63) is 63.6 Å². The number of rotatable bonds is 6. The molecule has 1 unspecified atom stereocenters. The predicted molar refractivity (Wildman–Crippen MR) is 121 cm³/mol. The fraction of sp³-hybridized carbons (Fsp3) is 0.235. The number of hydrogen-bond acceptors (Lipinski definition) is 3. The number of halogens is 3. The molecule has 0 saturated carbocycles. The molecule has 148 valence electrons. The first-order valence-electron chi connectivity index (χ1n) is 7.77. The Hall–Kier alpha value is -1.07. The fourth-order valence-corrected chi connectivity index (χ4v) is 3.68. The third kappa shape index (κ3) is 6.79. The minimum Gasteiger partial charge on any atom is -0.370 e. The van der Waals surface area contributed by atoms with Gasteiger partial charge < -0.3 is 11.1 Å². The number of aliphatic imine (C=N–C) groups is 1. The Morgan fingerprint density at radius 3 is 2.56 bits per heavy atom. The second-order valence-corrected chi connectivity index (χ2v) is 8.32. The molecule has 1 atom stereocenters. The van der Waals surface area contributed by atoms with Gasteiger partial charge >= 0.3 is 0 Å². The van der Waals surface area contributed by atoms with E-state index in [2.05, 4.69) is 15.0 Å². The Balaban J connectivity index is 0.00000364. The molecular weight excluding hydrogens is 522 g/mol. The Morgan fingerprint density at radius 1 is 1.22 bits per heavy atom. The van der Waals surface area contributed by atoms with Gasteiger partial charge in [-0.1, -0.05) is 41.4 Å². The van der Waals surface area contributed by atoms with Crippen LogP contribution in [-0.2, 0) is 16.6 Å². The average molecular weight is 543 g/mol. The molecule has 0 aliphatic heterocycles. The van der Waals surface area contributed by atoms with E-state index in [1.54, 1.807) is 30.3 Å². The molecule has 0 amide bonds. The zero-order valence-corrected chi connectivity index (χ0v) is 19.4. The van der Waals surface area contributed by atoms with Crippen LogP contribution in [0.15, 0.2) is 52.4 Å². The van der Waals surface area contributed by atoms with E-state index in [9.17, 15) is 8.42 Å². The molecule has 2 rings (SSSR count). The lowest BCUT2D eigenvalue weighted by atomic mass is 10.1. The summed E-state index contributed by atoms with van der Waals surface area (Å²) in [5, 5.41) is 4.15. The van der Waals surface area contributed by atoms with Crippen molar-refractivity contribution in [3.63, 3.8) is 0 Å². The zero-order chi connectivity index (χ0) is 19.3. The molecule has 0 bridgehead atoms. The Morgan fingerprint density at radius 2 is 1.93 bits per heavy atom. The monoisotopic (exact) mass is 542 g/mol. The quantitative estimate of drug-likeness (QED) is 0.295. The van der Waals surface area contributed by atoms with Crippen LogP contribution in [0.2, 0.25) is 10.0 Å². The molecule has 0 aliphatic carbocycles. The smallest absolute Gasteiger partial charge is 0.240 e. The van der Waals surface area contributed by atoms with Gasteiger partial charge in [0.05, 0.1) is 17.5 Å². The van der Waals surface area contributed by atoms with E-state index >= 15 is 0 Å². The van der Waals surface area contributed by atoms with Crippen molar-refractivity contribution in [1.82, 2.24) is 10.0 Å². The summed E-state index contributed by atoms with van der Waals surface area (Å²) in [6.45, 7) is 2.14. The zero-order valence-electron chi connectivity index (χ0n) is 14.7. The average Bonchev–Trinajstić information content (AvgIpc) is 2.60. The van der Waals surface area contributed by atoms with E-state index in [4.69, 9.17) is 28.9 Å². The van der Waals surface area contributed by atoms with Crippen molar-refractivity contribution in [2.75, 3.05) is 7.05 Å². The van der Waals surface area contributed by atoms with Crippen molar-refractivity contribution in [3.8, 4) is 0 Å². The van der Waals surface area contributed by atoms with Gasteiger partial charge in [0.1, 0.15) is 0 Å². The van der Waals surface area contributed by atoms with Crippen LogP contribution >= 0.6 is 47.2 Å². The molecule has 6 nitrogen and oxygen atoms in total. The molecule has 0 fully saturated rings. The van der Waals surface area contributed by atoms with Gasteiger partial charge in [-0.05, 0) is 49.4 Å². The molecule has 0 aliphatic rings. The van der Waals surface area contributed by atoms with Crippen molar-refractivity contribution in [2.24, 2.45) is 10.7 Å². The molecular formula is C17H21Cl2IN4O2S. The van der Waals surface area contributed by atoms with Crippen LogP contribution in [0.1, 0.15) is 24.1 Å². The van der Waals surface area contributed by atoms with E-state index in [0.717, 1.165) is 11.1 Å². The van der Waals surface area contributed by atoms with Crippen molar-refractivity contribution < 1.29 is 8.42 Å². The Labute approximate surface area is 186 Å². The SMILES string of the molecule is CNS(=O)(=O)c1cccc(CN=C(N)NC(C)c2ccc(Cl)cc2Cl)c1.I. The minimum atomic E-state index is -3.49. The van der Waals surface area contributed by atoms with Gasteiger partial charge in [-0.25, -0.2) is 18.1 Å². The second-order valence-electron chi connectivity index (χ2n) is 5.59. The second kappa shape index (κ2) is 10.5. The van der Waals surface area contributed by atoms with Gasteiger partial charge in [0.2, 0.25) is 10.0 Å². The number of nitrogens with zero attached hydrogens (tertiary/aromatic N) is 1. The van der Waals surface area contributed by atoms with Gasteiger partial charge in [-0.2, -0.15) is 0 Å². The summed E-state index contributed by atoms with van der Waals surface area (Å²) in [5.41, 5.74) is 7.50. The van der Waals surface area contributed by atoms with Gasteiger partial charge in [0.25, 0.3) is 0 Å². The lowest BCUT2D eigenvalue weighted by Gasteiger charge is -2.16. The normalized spacial score (nSPS) is 13.0. The predicted octanol–water partition coefficient (Wildman–Crippen LogP) is 3.69. The lowest BCUT2D eigenvalue weighted by Crippen LogP contribution is -2.34. The molecule has 4 N–H and O–H groups in total. The lowest BCUT2D eigenvalue weighted by molar-refractivity contribution is 0.588. The van der Waals surface area contributed by atoms with Gasteiger partial charge in [-0.15, -0.1) is 24.0 Å². The van der Waals surface area contributed by atoms with E-state index in [1.807, 2.05) is 13.0 Å². The van der Waals surface area contributed by atoms with Crippen LogP contribution < -0.4 is 15.8 Å². The molecule has 0 saturated heterocycles. The highest BCUT2D eigenvalue weighted by atomic mass is 127. The standard InChI is InChI=1S/C17H20Cl2N4O2S.HI/c1-11(15-7-6-13(18)9-16(15)19)23-17(20)22-10-12-4-3-5-14(8-12)26(24,25)21-2;/h3-9,11,21H,10H2,1-2H3,(H3,20,22,23);1H. The fourth-order valence-electron chi connectivity index (χ4n) is 2.30. The first-order valence-corrected chi connectivity index (χ1v) is 10.0. The van der Waals surface area contributed by atoms with Crippen LogP contribution in [0.5, 0.6) is 0 Å². The van der Waals surface area contributed by atoms with Crippen molar-refractivity contribution in [1.29, 1.82) is 0 Å². The topological polar surface area (TPSA) is 96.6 Å². The van der Waals surface area contributed by atoms with Gasteiger partial charge in [0, 0.05) is 10.0 Å². The highest BCUT2D eigenvalue weighted by molar-refractivity contribution is 14.0. The molecule has 0 spiro atoms. The number of hydrogen-bond donors (Lipinski definition) is 3. The van der Waals surface area contributed by atoms with E-state index in [-0.39, 0.29) is 47.4 Å². The number of sulfonamides is 1. The first-order chi connectivity index (χ1) is 12.2. The number of nitrogens with two attached hydrogens (primary N) is 1. The number of benzene rings is 2. The van der Waals surface area contributed by atoms with Crippen LogP contribution in [0.25, 0.3) is 0 Å². The number of guanidine groups is 1. The first kappa shape index (κ1) is 24.0. The van der Waals surface area contributed by atoms with Gasteiger partial charge in [-0.3, -0.25) is 0 Å². The highest BCUT2D eigenvalue weighted by Gasteiger charge is 2.12. The molecule has 0 aromatic heterocycles. The van der Waals surface area contributed by atoms with Crippen molar-refractivity contribution in [2.45, 2.75) is 24.4 Å². The van der Waals surface area contributed by atoms with E-state index < -0.39 is 10.0 Å². The summed E-state index contributed by atoms with van der Waals surface area (Å²) in [6, 6.07) is 11.6. The van der Waals surface area contributed by atoms with E-state index in [1.165, 1.54) is 13.1 Å². The summed E-state index contributed by atoms with van der Waals surface area (Å²) in [5.74, 6) is 0.227. The molecule has 0 radical (unpaired) electrons. The molecule has 27 heavy (non-hydrogen) atoms. The van der Waals surface area contributed by atoms with Crippen molar-refractivity contribution >= 4 is 63.2 Å². The Kier molecular flexibility index (Phi) is 9.29. The molecule has 2 aromatic carbocycles. The maximum absolute atomic E-state index is 11.8. The van der Waals surface area contributed by atoms with Crippen LogP contribution in [-0.4, -0.2) is 21.4 Å². The Bertz CT molecular complexity index is 923. The number of nitrogens with one attached hydrogen (secondary N) is 2. The third-order valence-electron chi connectivity index (χ3n) is 3.70. The minimum absolute atomic E-state index is 0. The van der Waals surface area contributed by atoms with Crippen LogP contribution in [0.4, 0.5) is 0 Å².